The van der Waals surface area contributed by atoms with E-state index < -0.39 is 0 Å². The number of hydrogen-bond donors (Lipinski definition) is 1. The first-order valence-corrected chi connectivity index (χ1v) is 8.72. The fraction of sp³-hybridized carbons (Fsp3) is 0. The number of carbonyl (C=O) groups excluding carboxylic acids is 1. The predicted molar refractivity (Wildman–Crippen MR) is 105 cm³/mol. The molecular formula is C20H14ClN5O2. The summed E-state index contributed by atoms with van der Waals surface area (Å²) in [5.74, 6) is 1.43. The van der Waals surface area contributed by atoms with Gasteiger partial charge in [0.05, 0.1) is 5.02 Å². The molecule has 0 saturated heterocycles. The van der Waals surface area contributed by atoms with Crippen molar-refractivity contribution < 1.29 is 9.53 Å². The van der Waals surface area contributed by atoms with Crippen LogP contribution in [0.1, 0.15) is 10.4 Å². The van der Waals surface area contributed by atoms with E-state index in [-0.39, 0.29) is 5.91 Å². The maximum Gasteiger partial charge on any atom is 0.255 e. The zero-order valence-electron chi connectivity index (χ0n) is 14.5. The summed E-state index contributed by atoms with van der Waals surface area (Å²) >= 11 is 6.09. The van der Waals surface area contributed by atoms with E-state index in [0.29, 0.717) is 33.6 Å². The summed E-state index contributed by atoms with van der Waals surface area (Å²) < 4.78 is 7.23. The lowest BCUT2D eigenvalue weighted by atomic mass is 10.2. The molecule has 2 heterocycles. The topological polar surface area (TPSA) is 81.9 Å². The Hall–Kier alpha value is -3.71. The second kappa shape index (κ2) is 7.89. The number of nitrogens with zero attached hydrogens (tertiary/aromatic N) is 4. The average Bonchev–Trinajstić information content (AvgIpc) is 3.26. The SMILES string of the molecule is O=C(Nc1ccc(Oc2ccccc2Cl)cc1)c1ccnc(-n2cncn2)c1. The number of halogens is 1. The number of para-hydroxylation sites is 1. The summed E-state index contributed by atoms with van der Waals surface area (Å²) in [6.45, 7) is 0. The van der Waals surface area contributed by atoms with Gasteiger partial charge in [-0.1, -0.05) is 23.7 Å². The van der Waals surface area contributed by atoms with Crippen LogP contribution in [0.4, 0.5) is 5.69 Å². The molecule has 0 aliphatic rings. The summed E-state index contributed by atoms with van der Waals surface area (Å²) in [5.41, 5.74) is 1.09. The van der Waals surface area contributed by atoms with E-state index >= 15 is 0 Å². The number of carbonyl (C=O) groups is 1. The zero-order valence-corrected chi connectivity index (χ0v) is 15.2. The Bertz CT molecular complexity index is 1100. The van der Waals surface area contributed by atoms with E-state index in [2.05, 4.69) is 20.4 Å². The Labute approximate surface area is 165 Å². The van der Waals surface area contributed by atoms with Crippen LogP contribution in [0.15, 0.2) is 79.5 Å². The van der Waals surface area contributed by atoms with Crippen LogP contribution < -0.4 is 10.1 Å². The minimum atomic E-state index is -0.261. The molecule has 0 fully saturated rings. The number of pyridine rings is 1. The number of hydrogen-bond acceptors (Lipinski definition) is 5. The Kier molecular flexibility index (Phi) is 4.99. The summed E-state index contributed by atoms with van der Waals surface area (Å²) in [6, 6.07) is 17.5. The Morgan fingerprint density at radius 3 is 2.64 bits per heavy atom. The normalized spacial score (nSPS) is 10.5. The van der Waals surface area contributed by atoms with Crippen molar-refractivity contribution >= 4 is 23.2 Å². The average molecular weight is 392 g/mol. The first-order chi connectivity index (χ1) is 13.7. The second-order valence-corrected chi connectivity index (χ2v) is 6.16. The lowest BCUT2D eigenvalue weighted by Gasteiger charge is -2.09. The van der Waals surface area contributed by atoms with E-state index in [4.69, 9.17) is 16.3 Å². The highest BCUT2D eigenvalue weighted by molar-refractivity contribution is 6.32. The molecule has 0 atom stereocenters. The molecule has 0 aliphatic heterocycles. The van der Waals surface area contributed by atoms with Gasteiger partial charge in [-0.15, -0.1) is 0 Å². The number of nitrogens with one attached hydrogen (secondary N) is 1. The Morgan fingerprint density at radius 2 is 1.89 bits per heavy atom. The van der Waals surface area contributed by atoms with E-state index in [1.165, 1.54) is 17.3 Å². The smallest absolute Gasteiger partial charge is 0.255 e. The molecule has 4 rings (SSSR count). The van der Waals surface area contributed by atoms with Gasteiger partial charge in [-0.05, 0) is 48.5 Å². The van der Waals surface area contributed by atoms with Crippen molar-refractivity contribution in [3.63, 3.8) is 0 Å². The number of anilines is 1. The molecule has 0 bridgehead atoms. The van der Waals surface area contributed by atoms with Gasteiger partial charge in [0, 0.05) is 17.4 Å². The van der Waals surface area contributed by atoms with E-state index in [1.54, 1.807) is 54.7 Å². The van der Waals surface area contributed by atoms with Crippen LogP contribution >= 0.6 is 11.6 Å². The van der Waals surface area contributed by atoms with Gasteiger partial charge in [-0.2, -0.15) is 5.10 Å². The lowest BCUT2D eigenvalue weighted by molar-refractivity contribution is 0.102. The third-order valence-corrected chi connectivity index (χ3v) is 4.15. The third-order valence-electron chi connectivity index (χ3n) is 3.84. The van der Waals surface area contributed by atoms with Crippen molar-refractivity contribution in [2.75, 3.05) is 5.32 Å². The first kappa shape index (κ1) is 17.7. The largest absolute Gasteiger partial charge is 0.456 e. The van der Waals surface area contributed by atoms with Crippen molar-refractivity contribution in [3.05, 3.63) is 90.1 Å². The van der Waals surface area contributed by atoms with E-state index in [1.807, 2.05) is 12.1 Å². The number of ether oxygens (including phenoxy) is 1. The van der Waals surface area contributed by atoms with Crippen LogP contribution in [0.3, 0.4) is 0 Å². The third kappa shape index (κ3) is 3.99. The van der Waals surface area contributed by atoms with Crippen LogP contribution in [0.2, 0.25) is 5.02 Å². The van der Waals surface area contributed by atoms with E-state index in [0.717, 1.165) is 0 Å². The highest BCUT2D eigenvalue weighted by atomic mass is 35.5. The predicted octanol–water partition coefficient (Wildman–Crippen LogP) is 4.36. The standard InChI is InChI=1S/C20H14ClN5O2/c21-17-3-1-2-4-18(17)28-16-7-5-15(6-8-16)25-20(27)14-9-10-23-19(11-14)26-13-22-12-24-26/h1-13H,(H,25,27). The molecule has 4 aromatic rings. The molecule has 7 nitrogen and oxygen atoms in total. The van der Waals surface area contributed by atoms with Crippen LogP contribution in [-0.4, -0.2) is 25.7 Å². The molecule has 2 aromatic heterocycles. The molecule has 0 aliphatic carbocycles. The number of amides is 1. The zero-order chi connectivity index (χ0) is 19.3. The molecular weight excluding hydrogens is 378 g/mol. The summed E-state index contributed by atoms with van der Waals surface area (Å²) in [5, 5.41) is 7.38. The van der Waals surface area contributed by atoms with Crippen molar-refractivity contribution in [3.8, 4) is 17.3 Å². The van der Waals surface area contributed by atoms with Gasteiger partial charge >= 0.3 is 0 Å². The van der Waals surface area contributed by atoms with Gasteiger partial charge < -0.3 is 10.1 Å². The molecule has 1 N–H and O–H groups in total. The molecule has 0 saturated carbocycles. The highest BCUT2D eigenvalue weighted by Gasteiger charge is 2.09. The van der Waals surface area contributed by atoms with Crippen LogP contribution in [0.5, 0.6) is 11.5 Å². The summed E-state index contributed by atoms with van der Waals surface area (Å²) in [6.07, 6.45) is 4.47. The monoisotopic (exact) mass is 391 g/mol. The maximum atomic E-state index is 12.5. The van der Waals surface area contributed by atoms with Crippen molar-refractivity contribution in [1.29, 1.82) is 0 Å². The summed E-state index contributed by atoms with van der Waals surface area (Å²) in [7, 11) is 0. The maximum absolute atomic E-state index is 12.5. The fourth-order valence-corrected chi connectivity index (χ4v) is 2.65. The van der Waals surface area contributed by atoms with Gasteiger partial charge in [0.1, 0.15) is 24.2 Å². The number of rotatable bonds is 5. The van der Waals surface area contributed by atoms with Gasteiger partial charge in [-0.3, -0.25) is 4.79 Å². The second-order valence-electron chi connectivity index (χ2n) is 5.75. The highest BCUT2D eigenvalue weighted by Crippen LogP contribution is 2.29. The fourth-order valence-electron chi connectivity index (χ4n) is 2.48. The Balaban J connectivity index is 1.45. The molecule has 1 amide bonds. The minimum absolute atomic E-state index is 0.261. The van der Waals surface area contributed by atoms with Crippen molar-refractivity contribution in [2.45, 2.75) is 0 Å². The van der Waals surface area contributed by atoms with Crippen LogP contribution in [-0.2, 0) is 0 Å². The van der Waals surface area contributed by atoms with E-state index in [9.17, 15) is 4.79 Å². The van der Waals surface area contributed by atoms with Crippen LogP contribution in [0, 0.1) is 0 Å². The van der Waals surface area contributed by atoms with Gasteiger partial charge in [-0.25, -0.2) is 14.6 Å². The van der Waals surface area contributed by atoms with Crippen molar-refractivity contribution in [2.24, 2.45) is 0 Å². The van der Waals surface area contributed by atoms with Gasteiger partial charge in [0.25, 0.3) is 5.91 Å². The van der Waals surface area contributed by atoms with Crippen LogP contribution in [0.25, 0.3) is 5.82 Å². The molecule has 28 heavy (non-hydrogen) atoms. The molecule has 8 heteroatoms. The number of benzene rings is 2. The molecule has 0 unspecified atom stereocenters. The molecule has 0 radical (unpaired) electrons. The minimum Gasteiger partial charge on any atom is -0.456 e. The molecule has 138 valence electrons. The molecule has 0 spiro atoms. The van der Waals surface area contributed by atoms with Gasteiger partial charge in [0.2, 0.25) is 0 Å². The number of aromatic nitrogens is 4. The first-order valence-electron chi connectivity index (χ1n) is 8.34. The lowest BCUT2D eigenvalue weighted by Crippen LogP contribution is -2.13. The Morgan fingerprint density at radius 1 is 1.07 bits per heavy atom. The quantitative estimate of drug-likeness (QED) is 0.546. The van der Waals surface area contributed by atoms with Crippen molar-refractivity contribution in [1.82, 2.24) is 19.7 Å². The van der Waals surface area contributed by atoms with Gasteiger partial charge in [0.15, 0.2) is 5.82 Å². The molecule has 2 aromatic carbocycles. The summed E-state index contributed by atoms with van der Waals surface area (Å²) in [4.78, 5) is 20.6.